The van der Waals surface area contributed by atoms with Gasteiger partial charge in [-0.15, -0.1) is 11.8 Å². The second-order valence-electron chi connectivity index (χ2n) is 36.1. The average molecular weight is 1410 g/mol. The summed E-state index contributed by atoms with van der Waals surface area (Å²) in [7, 11) is 0. The molecule has 5 aliphatic carbocycles. The zero-order valence-corrected chi connectivity index (χ0v) is 64.7. The molecule has 4 nitrogen and oxygen atoms in total. The Bertz CT molecular complexity index is 4670. The van der Waals surface area contributed by atoms with E-state index in [0.29, 0.717) is 47.6 Å². The topological polar surface area (TPSA) is 13.0 Å². The number of fused-ring (bicyclic) bond motifs is 8. The third-order valence-electron chi connectivity index (χ3n) is 28.2. The van der Waals surface area contributed by atoms with E-state index >= 15 is 0 Å². The summed E-state index contributed by atoms with van der Waals surface area (Å²) in [5.74, 6) is 5.44. The van der Waals surface area contributed by atoms with Crippen molar-refractivity contribution >= 4 is 98.2 Å². The summed E-state index contributed by atoms with van der Waals surface area (Å²) in [5, 5.41) is 0.566. The molecule has 7 heteroatoms. The van der Waals surface area contributed by atoms with Crippen molar-refractivity contribution in [3.05, 3.63) is 253 Å². The molecule has 1 saturated heterocycles. The van der Waals surface area contributed by atoms with Crippen LogP contribution in [0.15, 0.2) is 241 Å². The lowest BCUT2D eigenvalue weighted by Crippen LogP contribution is -2.64. The molecule has 0 spiro atoms. The zero-order chi connectivity index (χ0) is 71.4. The van der Waals surface area contributed by atoms with Gasteiger partial charge in [0.25, 0.3) is 6.71 Å². The predicted octanol–water partition coefficient (Wildman–Crippen LogP) is 24.6. The molecule has 0 radical (unpaired) electrons. The highest BCUT2D eigenvalue weighted by Crippen LogP contribution is 2.63. The molecule has 106 heavy (non-hydrogen) atoms. The molecule has 8 unspecified atom stereocenters. The summed E-state index contributed by atoms with van der Waals surface area (Å²) in [6, 6.07) is 94.6. The van der Waals surface area contributed by atoms with E-state index in [1.165, 1.54) is 212 Å². The Morgan fingerprint density at radius 3 is 1.60 bits per heavy atom. The average Bonchev–Trinajstić information content (AvgIpc) is 0.688. The molecule has 10 aromatic rings. The minimum Gasteiger partial charge on any atom is -0.311 e. The Labute approximate surface area is 639 Å². The molecule has 536 valence electrons. The van der Waals surface area contributed by atoms with E-state index in [2.05, 4.69) is 309 Å². The van der Waals surface area contributed by atoms with Gasteiger partial charge in [0.15, 0.2) is 6.71 Å². The van der Waals surface area contributed by atoms with Crippen LogP contribution in [0.2, 0.25) is 11.6 Å². The van der Waals surface area contributed by atoms with Gasteiger partial charge < -0.3 is 14.7 Å². The van der Waals surface area contributed by atoms with Crippen molar-refractivity contribution in [1.82, 2.24) is 4.90 Å². The van der Waals surface area contributed by atoms with Gasteiger partial charge in [0, 0.05) is 79.2 Å². The summed E-state index contributed by atoms with van der Waals surface area (Å²) in [5.41, 5.74) is 26.0. The SMILES string of the molecule is CC(C)(C)c1ccc(-c2cccc(-c3ccc(C(C)(C)C)cc3)c2N2c3cc4c(cc3B3c5ccccc5N(c5ccccc5)c5cc(N(c6ccccc6)c6ccccc6)cc2c53)B2C3CCCCC3CC3CC(N(C5CCC(c6ccccc6)CC5)C5CCCC(C6CCCCC6)C5)CC(S4)C23)cc1. The maximum atomic E-state index is 3.40. The van der Waals surface area contributed by atoms with Crippen molar-refractivity contribution in [2.75, 3.05) is 14.7 Å². The van der Waals surface area contributed by atoms with Crippen molar-refractivity contribution in [3.63, 3.8) is 0 Å². The molecule has 0 bridgehead atoms. The van der Waals surface area contributed by atoms with E-state index in [1.54, 1.807) is 15.9 Å². The first-order valence-corrected chi connectivity index (χ1v) is 42.6. The smallest absolute Gasteiger partial charge is 0.252 e. The largest absolute Gasteiger partial charge is 0.311 e. The van der Waals surface area contributed by atoms with Gasteiger partial charge in [-0.25, -0.2) is 0 Å². The van der Waals surface area contributed by atoms with Crippen molar-refractivity contribution < 1.29 is 0 Å². The van der Waals surface area contributed by atoms with E-state index in [-0.39, 0.29) is 17.5 Å². The van der Waals surface area contributed by atoms with Gasteiger partial charge >= 0.3 is 0 Å². The van der Waals surface area contributed by atoms with E-state index in [1.807, 2.05) is 0 Å². The normalized spacial score (nSPS) is 24.8. The number of rotatable bonds is 12. The number of hydrogen-bond donors (Lipinski definition) is 0. The summed E-state index contributed by atoms with van der Waals surface area (Å²) in [4.78, 5) is 13.0. The van der Waals surface area contributed by atoms with Crippen LogP contribution in [0, 0.1) is 23.7 Å². The van der Waals surface area contributed by atoms with Crippen LogP contribution in [-0.2, 0) is 10.8 Å². The lowest BCUT2D eigenvalue weighted by atomic mass is 9.21. The quantitative estimate of drug-likeness (QED) is 0.113. The Morgan fingerprint density at radius 2 is 0.953 bits per heavy atom. The number of hydrogen-bond acceptors (Lipinski definition) is 5. The predicted molar refractivity (Wildman–Crippen MR) is 455 cm³/mol. The van der Waals surface area contributed by atoms with Crippen molar-refractivity contribution in [3.8, 4) is 22.3 Å². The molecule has 0 amide bonds. The first kappa shape index (κ1) is 68.6. The van der Waals surface area contributed by atoms with Gasteiger partial charge in [-0.05, 0) is 209 Å². The van der Waals surface area contributed by atoms with Gasteiger partial charge in [0.1, 0.15) is 0 Å². The van der Waals surface area contributed by atoms with Crippen molar-refractivity contribution in [2.24, 2.45) is 23.7 Å². The van der Waals surface area contributed by atoms with Crippen LogP contribution in [0.5, 0.6) is 0 Å². The molecule has 19 rings (SSSR count). The second kappa shape index (κ2) is 28.2. The fourth-order valence-corrected chi connectivity index (χ4v) is 25.0. The standard InChI is InChI=1S/C99H108B2N4S/c1-98(2,3)74-52-46-69(47-53-74)83-41-27-42-84(70-48-54-75(55-49-70)99(4,5)6)97(83)105-90-65-93-88(64-87(90)101-86-44-24-25-45-89(86)104(78-38-20-11-21-39-78)91-61-82(62-92(105)96(91)101)102(76-34-16-9-17-35-76)77-36-18-10-19-37-77)100-85-43-23-22-32-72(85)58-73-60-81(63-94(106-93)95(73)100)103(79-56-50-68(51-57-79)66-28-12-7-13-29-66)80-40-26-33-71(59-80)67-30-14-8-15-31-67/h7,9-13,16-21,24-25,27-29,34-39,41-42,44-49,52-55,61-62,64-65,67-68,71-73,79-81,85,94-95H,8,14-15,22-23,26,30-33,40,43,50-51,56-60,63H2,1-6H3. The zero-order valence-electron chi connectivity index (χ0n) is 63.9. The first-order valence-electron chi connectivity index (χ1n) is 41.7. The van der Waals surface area contributed by atoms with Crippen LogP contribution >= 0.6 is 11.8 Å². The highest BCUT2D eigenvalue weighted by Gasteiger charge is 2.58. The lowest BCUT2D eigenvalue weighted by molar-refractivity contribution is -0.00932. The summed E-state index contributed by atoms with van der Waals surface area (Å²) in [6.45, 7) is 14.6. The lowest BCUT2D eigenvalue weighted by Gasteiger charge is -2.59. The van der Waals surface area contributed by atoms with Crippen LogP contribution in [0.4, 0.5) is 51.2 Å². The number of nitrogens with zero attached hydrogens (tertiary/aromatic N) is 4. The van der Waals surface area contributed by atoms with E-state index in [9.17, 15) is 0 Å². The van der Waals surface area contributed by atoms with Crippen LogP contribution in [0.3, 0.4) is 0 Å². The van der Waals surface area contributed by atoms with Gasteiger partial charge in [-0.3, -0.25) is 4.90 Å². The van der Waals surface area contributed by atoms with Crippen molar-refractivity contribution in [2.45, 2.75) is 227 Å². The van der Waals surface area contributed by atoms with Gasteiger partial charge in [-0.2, -0.15) is 0 Å². The van der Waals surface area contributed by atoms with Gasteiger partial charge in [0.05, 0.1) is 11.4 Å². The van der Waals surface area contributed by atoms with E-state index in [4.69, 9.17) is 0 Å². The number of anilines is 9. The molecule has 10 aromatic carbocycles. The number of thioether (sulfide) groups is 1. The number of para-hydroxylation sites is 5. The fraction of sp³-hybridized carbons (Fsp3) is 0.394. The maximum Gasteiger partial charge on any atom is 0.252 e. The third-order valence-corrected chi connectivity index (χ3v) is 29.6. The maximum absolute atomic E-state index is 3.40. The molecule has 8 atom stereocenters. The summed E-state index contributed by atoms with van der Waals surface area (Å²) >= 11 is 2.37. The minimum absolute atomic E-state index is 0.000539. The monoisotopic (exact) mass is 1410 g/mol. The van der Waals surface area contributed by atoms with E-state index < -0.39 is 0 Å². The molecule has 0 N–H and O–H groups in total. The van der Waals surface area contributed by atoms with Crippen molar-refractivity contribution in [1.29, 1.82) is 0 Å². The van der Waals surface area contributed by atoms with Crippen LogP contribution in [-0.4, -0.2) is 41.7 Å². The molecule has 9 aliphatic rings. The molecule has 4 aliphatic heterocycles. The molecule has 4 heterocycles. The molecular weight excluding hydrogens is 1300 g/mol. The second-order valence-corrected chi connectivity index (χ2v) is 37.4. The Morgan fingerprint density at radius 1 is 0.387 bits per heavy atom. The number of benzene rings is 10. The third kappa shape index (κ3) is 12.4. The first-order chi connectivity index (χ1) is 51.8. The fourth-order valence-electron chi connectivity index (χ4n) is 23.3. The highest BCUT2D eigenvalue weighted by molar-refractivity contribution is 8.00. The molecular formula is C99H108B2N4S. The highest BCUT2D eigenvalue weighted by atomic mass is 32.2. The molecule has 5 saturated carbocycles. The van der Waals surface area contributed by atoms with E-state index in [0.717, 1.165) is 40.7 Å². The van der Waals surface area contributed by atoms with Crippen LogP contribution in [0.1, 0.15) is 193 Å². The summed E-state index contributed by atoms with van der Waals surface area (Å²) < 4.78 is 0. The molecule has 0 aromatic heterocycles. The van der Waals surface area contributed by atoms with Crippen LogP contribution < -0.4 is 36.6 Å². The Hall–Kier alpha value is -7.96. The van der Waals surface area contributed by atoms with Crippen LogP contribution in [0.25, 0.3) is 22.3 Å². The Balaban J connectivity index is 0.844. The molecule has 6 fully saturated rings. The Kier molecular flexibility index (Phi) is 18.3. The summed E-state index contributed by atoms with van der Waals surface area (Å²) in [6.07, 6.45) is 28.1. The minimum atomic E-state index is -0.0418. The van der Waals surface area contributed by atoms with Gasteiger partial charge in [-0.1, -0.05) is 299 Å². The van der Waals surface area contributed by atoms with Gasteiger partial charge in [0.2, 0.25) is 0 Å².